The number of benzene rings is 1. The van der Waals surface area contributed by atoms with Gasteiger partial charge in [0.25, 0.3) is 0 Å². The standard InChI is InChI=1S/C14H19N3/c1-10-4-3-5-11-12(8-16-14(10)11)13-9-15-6-7-17(13)2/h3-5,8,13,15-16H,6-7,9H2,1-2H3. The number of aryl methyl sites for hydroxylation is 1. The maximum atomic E-state index is 3.48. The van der Waals surface area contributed by atoms with Gasteiger partial charge in [-0.2, -0.15) is 0 Å². The van der Waals surface area contributed by atoms with Gasteiger partial charge in [0, 0.05) is 42.8 Å². The number of nitrogens with one attached hydrogen (secondary N) is 2. The summed E-state index contributed by atoms with van der Waals surface area (Å²) in [4.78, 5) is 5.85. The Balaban J connectivity index is 2.08. The first-order valence-corrected chi connectivity index (χ1v) is 6.25. The lowest BCUT2D eigenvalue weighted by atomic mass is 10.0. The molecule has 1 atom stereocenters. The molecular weight excluding hydrogens is 210 g/mol. The van der Waals surface area contributed by atoms with Crippen molar-refractivity contribution in [3.63, 3.8) is 0 Å². The molecule has 0 bridgehead atoms. The smallest absolute Gasteiger partial charge is 0.0491 e. The fourth-order valence-corrected chi connectivity index (χ4v) is 2.76. The van der Waals surface area contributed by atoms with E-state index in [1.54, 1.807) is 0 Å². The number of para-hydroxylation sites is 1. The van der Waals surface area contributed by atoms with E-state index in [1.165, 1.54) is 22.0 Å². The maximum Gasteiger partial charge on any atom is 0.0491 e. The van der Waals surface area contributed by atoms with E-state index in [1.807, 2.05) is 0 Å². The van der Waals surface area contributed by atoms with E-state index in [0.29, 0.717) is 6.04 Å². The van der Waals surface area contributed by atoms with Crippen LogP contribution in [0.2, 0.25) is 0 Å². The van der Waals surface area contributed by atoms with Crippen LogP contribution in [0.1, 0.15) is 17.2 Å². The van der Waals surface area contributed by atoms with Crippen LogP contribution in [0.15, 0.2) is 24.4 Å². The predicted octanol–water partition coefficient (Wildman–Crippen LogP) is 2.05. The highest BCUT2D eigenvalue weighted by Gasteiger charge is 2.22. The van der Waals surface area contributed by atoms with Crippen molar-refractivity contribution in [1.29, 1.82) is 0 Å². The number of aromatic amines is 1. The van der Waals surface area contributed by atoms with Crippen molar-refractivity contribution in [2.24, 2.45) is 0 Å². The van der Waals surface area contributed by atoms with E-state index in [0.717, 1.165) is 19.6 Å². The molecule has 1 aromatic carbocycles. The van der Waals surface area contributed by atoms with Crippen molar-refractivity contribution in [2.45, 2.75) is 13.0 Å². The molecule has 3 heteroatoms. The third-order valence-electron chi connectivity index (χ3n) is 3.83. The summed E-state index contributed by atoms with van der Waals surface area (Å²) in [5.41, 5.74) is 4.01. The van der Waals surface area contributed by atoms with Gasteiger partial charge in [0.1, 0.15) is 0 Å². The topological polar surface area (TPSA) is 31.1 Å². The third kappa shape index (κ3) is 1.75. The highest BCUT2D eigenvalue weighted by Crippen LogP contribution is 2.29. The monoisotopic (exact) mass is 229 g/mol. The average Bonchev–Trinajstić information content (AvgIpc) is 2.75. The second-order valence-corrected chi connectivity index (χ2v) is 4.94. The molecule has 90 valence electrons. The Morgan fingerprint density at radius 2 is 2.24 bits per heavy atom. The van der Waals surface area contributed by atoms with E-state index in [-0.39, 0.29) is 0 Å². The summed E-state index contributed by atoms with van der Waals surface area (Å²) in [5, 5.41) is 4.84. The first-order chi connectivity index (χ1) is 8.27. The number of H-pyrrole nitrogens is 1. The number of hydrogen-bond donors (Lipinski definition) is 2. The van der Waals surface area contributed by atoms with Gasteiger partial charge in [-0.1, -0.05) is 18.2 Å². The summed E-state index contributed by atoms with van der Waals surface area (Å²) in [6, 6.07) is 7.01. The summed E-state index contributed by atoms with van der Waals surface area (Å²) in [6.07, 6.45) is 2.17. The van der Waals surface area contributed by atoms with Crippen molar-refractivity contribution < 1.29 is 0 Å². The number of nitrogens with zero attached hydrogens (tertiary/aromatic N) is 1. The van der Waals surface area contributed by atoms with E-state index in [9.17, 15) is 0 Å². The van der Waals surface area contributed by atoms with E-state index >= 15 is 0 Å². The molecule has 2 aromatic rings. The first kappa shape index (κ1) is 10.8. The Bertz CT molecular complexity index is 529. The first-order valence-electron chi connectivity index (χ1n) is 6.25. The van der Waals surface area contributed by atoms with E-state index < -0.39 is 0 Å². The SMILES string of the molecule is Cc1cccc2c(C3CNCCN3C)c[nH]c12. The van der Waals surface area contributed by atoms with Crippen molar-refractivity contribution in [3.8, 4) is 0 Å². The molecule has 1 saturated heterocycles. The number of piperazine rings is 1. The second kappa shape index (κ2) is 4.17. The van der Waals surface area contributed by atoms with E-state index in [2.05, 4.69) is 53.6 Å². The lowest BCUT2D eigenvalue weighted by Gasteiger charge is -2.33. The molecule has 3 nitrogen and oxygen atoms in total. The van der Waals surface area contributed by atoms with Gasteiger partial charge in [-0.15, -0.1) is 0 Å². The fraction of sp³-hybridized carbons (Fsp3) is 0.429. The summed E-state index contributed by atoms with van der Waals surface area (Å²) >= 11 is 0. The molecule has 0 amide bonds. The van der Waals surface area contributed by atoms with Gasteiger partial charge in [0.15, 0.2) is 0 Å². The highest BCUT2D eigenvalue weighted by atomic mass is 15.2. The van der Waals surface area contributed by atoms with Crippen LogP contribution in [0.4, 0.5) is 0 Å². The van der Waals surface area contributed by atoms with Crippen LogP contribution >= 0.6 is 0 Å². The molecule has 0 spiro atoms. The van der Waals surface area contributed by atoms with Gasteiger partial charge in [0.2, 0.25) is 0 Å². The number of aromatic nitrogens is 1. The lowest BCUT2D eigenvalue weighted by molar-refractivity contribution is 0.203. The van der Waals surface area contributed by atoms with Crippen LogP contribution in [0.5, 0.6) is 0 Å². The van der Waals surface area contributed by atoms with Crippen molar-refractivity contribution in [1.82, 2.24) is 15.2 Å². The number of rotatable bonds is 1. The van der Waals surface area contributed by atoms with Gasteiger partial charge in [-0.3, -0.25) is 4.90 Å². The largest absolute Gasteiger partial charge is 0.361 e. The Kier molecular flexibility index (Phi) is 2.65. The molecule has 1 aliphatic heterocycles. The Morgan fingerprint density at radius 1 is 1.35 bits per heavy atom. The molecule has 0 aliphatic carbocycles. The Morgan fingerprint density at radius 3 is 3.06 bits per heavy atom. The van der Waals surface area contributed by atoms with Gasteiger partial charge < -0.3 is 10.3 Å². The van der Waals surface area contributed by atoms with Crippen LogP contribution in [-0.2, 0) is 0 Å². The summed E-state index contributed by atoms with van der Waals surface area (Å²) in [7, 11) is 2.21. The molecule has 1 unspecified atom stereocenters. The minimum atomic E-state index is 0.485. The minimum absolute atomic E-state index is 0.485. The van der Waals surface area contributed by atoms with Crippen LogP contribution in [-0.4, -0.2) is 36.6 Å². The normalized spacial score (nSPS) is 22.1. The summed E-state index contributed by atoms with van der Waals surface area (Å²) in [6.45, 7) is 5.40. The summed E-state index contributed by atoms with van der Waals surface area (Å²) < 4.78 is 0. The zero-order valence-corrected chi connectivity index (χ0v) is 10.5. The molecule has 2 heterocycles. The molecule has 0 saturated carbocycles. The van der Waals surface area contributed by atoms with Crippen LogP contribution in [0, 0.1) is 6.92 Å². The fourth-order valence-electron chi connectivity index (χ4n) is 2.76. The average molecular weight is 229 g/mol. The van der Waals surface area contributed by atoms with Gasteiger partial charge in [-0.05, 0) is 25.1 Å². The molecule has 1 fully saturated rings. The molecule has 1 aromatic heterocycles. The number of likely N-dealkylation sites (N-methyl/N-ethyl adjacent to an activating group) is 1. The second-order valence-electron chi connectivity index (χ2n) is 4.94. The van der Waals surface area contributed by atoms with Gasteiger partial charge in [-0.25, -0.2) is 0 Å². The summed E-state index contributed by atoms with van der Waals surface area (Å²) in [5.74, 6) is 0. The molecular formula is C14H19N3. The minimum Gasteiger partial charge on any atom is -0.361 e. The molecule has 17 heavy (non-hydrogen) atoms. The van der Waals surface area contributed by atoms with Gasteiger partial charge >= 0.3 is 0 Å². The highest BCUT2D eigenvalue weighted by molar-refractivity contribution is 5.86. The van der Waals surface area contributed by atoms with Crippen LogP contribution in [0.25, 0.3) is 10.9 Å². The molecule has 2 N–H and O–H groups in total. The molecule has 0 radical (unpaired) electrons. The van der Waals surface area contributed by atoms with Gasteiger partial charge in [0.05, 0.1) is 0 Å². The zero-order chi connectivity index (χ0) is 11.8. The van der Waals surface area contributed by atoms with Crippen molar-refractivity contribution >= 4 is 10.9 Å². The van der Waals surface area contributed by atoms with Crippen molar-refractivity contribution in [3.05, 3.63) is 35.5 Å². The molecule has 1 aliphatic rings. The van der Waals surface area contributed by atoms with Crippen LogP contribution in [0.3, 0.4) is 0 Å². The van der Waals surface area contributed by atoms with E-state index in [4.69, 9.17) is 0 Å². The lowest BCUT2D eigenvalue weighted by Crippen LogP contribution is -2.43. The number of fused-ring (bicyclic) bond motifs is 1. The predicted molar refractivity (Wildman–Crippen MR) is 71.3 cm³/mol. The third-order valence-corrected chi connectivity index (χ3v) is 3.83. The Labute approximate surface area is 102 Å². The zero-order valence-electron chi connectivity index (χ0n) is 10.5. The molecule has 3 rings (SSSR count). The van der Waals surface area contributed by atoms with Crippen LogP contribution < -0.4 is 5.32 Å². The maximum absolute atomic E-state index is 3.48. The number of hydrogen-bond acceptors (Lipinski definition) is 2. The van der Waals surface area contributed by atoms with Crippen molar-refractivity contribution in [2.75, 3.05) is 26.7 Å². The Hall–Kier alpha value is -1.32. The quantitative estimate of drug-likeness (QED) is 0.784.